The van der Waals surface area contributed by atoms with Crippen molar-refractivity contribution in [2.24, 2.45) is 0 Å². The minimum atomic E-state index is -3.57. The molecule has 6 heteroatoms. The van der Waals surface area contributed by atoms with Crippen molar-refractivity contribution in [1.82, 2.24) is 9.71 Å². The molecular formula is C13H23N3O2S. The van der Waals surface area contributed by atoms with Gasteiger partial charge in [-0.05, 0) is 38.8 Å². The molecule has 108 valence electrons. The number of anilines is 1. The van der Waals surface area contributed by atoms with Gasteiger partial charge in [0, 0.05) is 18.3 Å². The summed E-state index contributed by atoms with van der Waals surface area (Å²) in [6.45, 7) is 8.38. The maximum atomic E-state index is 12.4. The Kier molecular flexibility index (Phi) is 5.31. The highest BCUT2D eigenvalue weighted by Crippen LogP contribution is 2.20. The fourth-order valence-corrected chi connectivity index (χ4v) is 3.09. The van der Waals surface area contributed by atoms with Crippen molar-refractivity contribution in [1.29, 1.82) is 0 Å². The summed E-state index contributed by atoms with van der Waals surface area (Å²) in [6, 6.07) is 3.20. The molecule has 1 aromatic rings. The smallest absolute Gasteiger partial charge is 0.244 e. The molecule has 0 aromatic carbocycles. The molecule has 0 aliphatic carbocycles. The Labute approximate surface area is 115 Å². The summed E-state index contributed by atoms with van der Waals surface area (Å²) in [5.41, 5.74) is -0.475. The SMILES string of the molecule is CCCNc1ncccc1S(=O)(=O)NC(C)(C)CC. The molecule has 0 radical (unpaired) electrons. The first-order valence-electron chi connectivity index (χ1n) is 6.55. The Morgan fingerprint density at radius 2 is 2.00 bits per heavy atom. The van der Waals surface area contributed by atoms with Gasteiger partial charge in [0.2, 0.25) is 10.0 Å². The van der Waals surface area contributed by atoms with Crippen LogP contribution < -0.4 is 10.0 Å². The zero-order valence-corrected chi connectivity index (χ0v) is 12.8. The fourth-order valence-electron chi connectivity index (χ4n) is 1.47. The third-order valence-corrected chi connectivity index (χ3v) is 4.63. The molecule has 0 bridgehead atoms. The predicted octanol–water partition coefficient (Wildman–Crippen LogP) is 2.37. The van der Waals surface area contributed by atoms with Gasteiger partial charge in [0.15, 0.2) is 0 Å². The monoisotopic (exact) mass is 285 g/mol. The van der Waals surface area contributed by atoms with E-state index in [4.69, 9.17) is 0 Å². The summed E-state index contributed by atoms with van der Waals surface area (Å²) in [7, 11) is -3.57. The summed E-state index contributed by atoms with van der Waals surface area (Å²) in [4.78, 5) is 4.31. The largest absolute Gasteiger partial charge is 0.369 e. The van der Waals surface area contributed by atoms with Gasteiger partial charge in [-0.1, -0.05) is 13.8 Å². The van der Waals surface area contributed by atoms with Gasteiger partial charge >= 0.3 is 0 Å². The lowest BCUT2D eigenvalue weighted by molar-refractivity contribution is 0.439. The molecule has 5 nitrogen and oxygen atoms in total. The van der Waals surface area contributed by atoms with E-state index >= 15 is 0 Å². The normalized spacial score (nSPS) is 12.4. The number of hydrogen-bond acceptors (Lipinski definition) is 4. The van der Waals surface area contributed by atoms with Crippen LogP contribution in [0.25, 0.3) is 0 Å². The first kappa shape index (κ1) is 15.9. The Hall–Kier alpha value is -1.14. The second-order valence-corrected chi connectivity index (χ2v) is 6.77. The van der Waals surface area contributed by atoms with E-state index in [0.29, 0.717) is 18.8 Å². The highest BCUT2D eigenvalue weighted by molar-refractivity contribution is 7.89. The fraction of sp³-hybridized carbons (Fsp3) is 0.615. The number of nitrogens with one attached hydrogen (secondary N) is 2. The van der Waals surface area contributed by atoms with E-state index < -0.39 is 15.6 Å². The summed E-state index contributed by atoms with van der Waals surface area (Å²) in [5, 5.41) is 3.04. The number of pyridine rings is 1. The van der Waals surface area contributed by atoms with Gasteiger partial charge in [-0.15, -0.1) is 0 Å². The van der Waals surface area contributed by atoms with Gasteiger partial charge in [0.05, 0.1) is 0 Å². The highest BCUT2D eigenvalue weighted by atomic mass is 32.2. The number of rotatable bonds is 7. The van der Waals surface area contributed by atoms with E-state index in [1.165, 1.54) is 0 Å². The van der Waals surface area contributed by atoms with Gasteiger partial charge in [-0.25, -0.2) is 18.1 Å². The third-order valence-electron chi connectivity index (χ3n) is 2.90. The summed E-state index contributed by atoms with van der Waals surface area (Å²) >= 11 is 0. The van der Waals surface area contributed by atoms with E-state index in [2.05, 4.69) is 15.0 Å². The van der Waals surface area contributed by atoms with E-state index in [1.807, 2.05) is 27.7 Å². The van der Waals surface area contributed by atoms with Crippen LogP contribution in [0.1, 0.15) is 40.5 Å². The van der Waals surface area contributed by atoms with E-state index in [-0.39, 0.29) is 4.90 Å². The van der Waals surface area contributed by atoms with Crippen LogP contribution in [0.3, 0.4) is 0 Å². The molecule has 0 aliphatic heterocycles. The molecule has 0 amide bonds. The van der Waals surface area contributed by atoms with Gasteiger partial charge in [-0.2, -0.15) is 0 Å². The van der Waals surface area contributed by atoms with Crippen LogP contribution in [0.15, 0.2) is 23.2 Å². The molecular weight excluding hydrogens is 262 g/mol. The minimum absolute atomic E-state index is 0.199. The van der Waals surface area contributed by atoms with Gasteiger partial charge in [-0.3, -0.25) is 0 Å². The lowest BCUT2D eigenvalue weighted by Crippen LogP contribution is -2.42. The first-order valence-corrected chi connectivity index (χ1v) is 8.03. The average Bonchev–Trinajstić information content (AvgIpc) is 2.35. The number of hydrogen-bond donors (Lipinski definition) is 2. The number of aromatic nitrogens is 1. The van der Waals surface area contributed by atoms with Crippen LogP contribution in [0.4, 0.5) is 5.82 Å². The molecule has 19 heavy (non-hydrogen) atoms. The van der Waals surface area contributed by atoms with Gasteiger partial charge < -0.3 is 5.32 Å². The van der Waals surface area contributed by atoms with E-state index in [1.54, 1.807) is 18.3 Å². The zero-order chi connectivity index (χ0) is 14.5. The molecule has 0 saturated carbocycles. The maximum absolute atomic E-state index is 12.4. The summed E-state index contributed by atoms with van der Waals surface area (Å²) in [6.07, 6.45) is 3.20. The van der Waals surface area contributed by atoms with E-state index in [9.17, 15) is 8.42 Å². The van der Waals surface area contributed by atoms with Crippen molar-refractivity contribution in [2.45, 2.75) is 51.0 Å². The second-order valence-electron chi connectivity index (χ2n) is 5.12. The number of sulfonamides is 1. The topological polar surface area (TPSA) is 71.1 Å². The molecule has 0 unspecified atom stereocenters. The van der Waals surface area contributed by atoms with Crippen LogP contribution in [-0.2, 0) is 10.0 Å². The predicted molar refractivity (Wildman–Crippen MR) is 77.7 cm³/mol. The third kappa shape index (κ3) is 4.47. The molecule has 0 spiro atoms. The van der Waals surface area contributed by atoms with Crippen molar-refractivity contribution in [2.75, 3.05) is 11.9 Å². The first-order chi connectivity index (χ1) is 8.82. The maximum Gasteiger partial charge on any atom is 0.244 e. The second kappa shape index (κ2) is 6.34. The molecule has 2 N–H and O–H groups in total. The minimum Gasteiger partial charge on any atom is -0.369 e. The Bertz CT molecular complexity index is 512. The zero-order valence-electron chi connectivity index (χ0n) is 12.0. The number of nitrogens with zero attached hydrogens (tertiary/aromatic N) is 1. The van der Waals surface area contributed by atoms with Crippen molar-refractivity contribution in [3.63, 3.8) is 0 Å². The van der Waals surface area contributed by atoms with Crippen LogP contribution in [0.5, 0.6) is 0 Å². The van der Waals surface area contributed by atoms with Gasteiger partial charge in [0.1, 0.15) is 10.7 Å². The molecule has 0 saturated heterocycles. The molecule has 0 fully saturated rings. The van der Waals surface area contributed by atoms with Gasteiger partial charge in [0.25, 0.3) is 0 Å². The van der Waals surface area contributed by atoms with Crippen LogP contribution in [-0.4, -0.2) is 25.5 Å². The van der Waals surface area contributed by atoms with Crippen LogP contribution in [0.2, 0.25) is 0 Å². The summed E-state index contributed by atoms with van der Waals surface area (Å²) in [5.74, 6) is 0.406. The average molecular weight is 285 g/mol. The Morgan fingerprint density at radius 3 is 2.58 bits per heavy atom. The standard InChI is InChI=1S/C13H23N3O2S/c1-5-9-14-12-11(8-7-10-15-12)19(17,18)16-13(3,4)6-2/h7-8,10,16H,5-6,9H2,1-4H3,(H,14,15). The lowest BCUT2D eigenvalue weighted by atomic mass is 10.0. The molecule has 0 atom stereocenters. The molecule has 1 rings (SSSR count). The molecule has 1 heterocycles. The molecule has 0 aliphatic rings. The Balaban J connectivity index is 3.07. The highest BCUT2D eigenvalue weighted by Gasteiger charge is 2.26. The summed E-state index contributed by atoms with van der Waals surface area (Å²) < 4.78 is 27.5. The lowest BCUT2D eigenvalue weighted by Gasteiger charge is -2.24. The Morgan fingerprint density at radius 1 is 1.32 bits per heavy atom. The van der Waals surface area contributed by atoms with Crippen LogP contribution >= 0.6 is 0 Å². The van der Waals surface area contributed by atoms with Crippen molar-refractivity contribution in [3.8, 4) is 0 Å². The molecule has 1 aromatic heterocycles. The van der Waals surface area contributed by atoms with Crippen molar-refractivity contribution < 1.29 is 8.42 Å². The van der Waals surface area contributed by atoms with Crippen LogP contribution in [0, 0.1) is 0 Å². The van der Waals surface area contributed by atoms with E-state index in [0.717, 1.165) is 6.42 Å². The van der Waals surface area contributed by atoms with Crippen molar-refractivity contribution >= 4 is 15.8 Å². The quantitative estimate of drug-likeness (QED) is 0.807. The van der Waals surface area contributed by atoms with Crippen molar-refractivity contribution in [3.05, 3.63) is 18.3 Å².